The van der Waals surface area contributed by atoms with Gasteiger partial charge < -0.3 is 14.6 Å². The van der Waals surface area contributed by atoms with Crippen molar-refractivity contribution < 1.29 is 19.4 Å². The highest BCUT2D eigenvalue weighted by atomic mass is 16.5. The van der Waals surface area contributed by atoms with Crippen molar-refractivity contribution in [2.45, 2.75) is 64.2 Å². The molecular formula is C24H34N2O4. The first-order chi connectivity index (χ1) is 14.7. The van der Waals surface area contributed by atoms with Crippen LogP contribution < -0.4 is 4.74 Å². The summed E-state index contributed by atoms with van der Waals surface area (Å²) in [6, 6.07) is 7.65. The fourth-order valence-electron chi connectivity index (χ4n) is 3.26. The molecule has 0 fully saturated rings. The van der Waals surface area contributed by atoms with Gasteiger partial charge in [-0.25, -0.2) is 9.78 Å². The summed E-state index contributed by atoms with van der Waals surface area (Å²) in [5.74, 6) is -0.242. The van der Waals surface area contributed by atoms with E-state index in [1.807, 2.05) is 24.3 Å². The Hall–Kier alpha value is -2.47. The zero-order valence-electron chi connectivity index (χ0n) is 18.0. The zero-order valence-corrected chi connectivity index (χ0v) is 18.0. The highest BCUT2D eigenvalue weighted by Crippen LogP contribution is 2.20. The molecule has 0 aliphatic carbocycles. The normalized spacial score (nSPS) is 10.8. The van der Waals surface area contributed by atoms with Gasteiger partial charge in [-0.1, -0.05) is 51.4 Å². The quantitative estimate of drug-likeness (QED) is 0.351. The summed E-state index contributed by atoms with van der Waals surface area (Å²) >= 11 is 0. The number of nitrogens with zero attached hydrogens (tertiary/aromatic N) is 2. The van der Waals surface area contributed by atoms with Crippen LogP contribution in [-0.4, -0.2) is 41.4 Å². The Morgan fingerprint density at radius 1 is 0.800 bits per heavy atom. The highest BCUT2D eigenvalue weighted by molar-refractivity contribution is 5.85. The van der Waals surface area contributed by atoms with E-state index in [1.165, 1.54) is 70.2 Å². The minimum Gasteiger partial charge on any atom is -0.494 e. The summed E-state index contributed by atoms with van der Waals surface area (Å²) < 4.78 is 10.9. The molecule has 2 aromatic rings. The van der Waals surface area contributed by atoms with Gasteiger partial charge in [0.15, 0.2) is 5.69 Å². The fraction of sp³-hybridized carbons (Fsp3) is 0.542. The van der Waals surface area contributed by atoms with Crippen LogP contribution in [0.15, 0.2) is 36.7 Å². The average Bonchev–Trinajstić information content (AvgIpc) is 2.77. The second-order valence-corrected chi connectivity index (χ2v) is 7.49. The van der Waals surface area contributed by atoms with Crippen molar-refractivity contribution in [2.24, 2.45) is 0 Å². The van der Waals surface area contributed by atoms with Crippen molar-refractivity contribution in [1.82, 2.24) is 9.97 Å². The van der Waals surface area contributed by atoms with E-state index in [9.17, 15) is 4.79 Å². The van der Waals surface area contributed by atoms with Gasteiger partial charge in [-0.3, -0.25) is 4.98 Å². The van der Waals surface area contributed by atoms with Crippen LogP contribution in [0.3, 0.4) is 0 Å². The number of methoxy groups -OCH3 is 1. The molecule has 0 bridgehead atoms. The van der Waals surface area contributed by atoms with Crippen molar-refractivity contribution in [2.75, 3.05) is 20.3 Å². The molecule has 1 aromatic carbocycles. The first-order valence-corrected chi connectivity index (χ1v) is 11.0. The lowest BCUT2D eigenvalue weighted by Gasteiger charge is -2.07. The van der Waals surface area contributed by atoms with Gasteiger partial charge in [0.1, 0.15) is 5.75 Å². The number of hydrogen-bond acceptors (Lipinski definition) is 5. The number of carboxylic acid groups (broad SMARTS) is 1. The number of aromatic carboxylic acids is 1. The lowest BCUT2D eigenvalue weighted by Crippen LogP contribution is -2.01. The number of rotatable bonds is 16. The smallest absolute Gasteiger partial charge is 0.356 e. The van der Waals surface area contributed by atoms with Crippen molar-refractivity contribution >= 4 is 5.97 Å². The SMILES string of the molecule is COCCCCCCCCCCCCOc1ccc(-c2cnc(C(=O)O)cn2)cc1. The van der Waals surface area contributed by atoms with Gasteiger partial charge in [-0.15, -0.1) is 0 Å². The largest absolute Gasteiger partial charge is 0.494 e. The van der Waals surface area contributed by atoms with Crippen LogP contribution in [0.4, 0.5) is 0 Å². The molecule has 6 heteroatoms. The number of ether oxygens (including phenoxy) is 2. The lowest BCUT2D eigenvalue weighted by molar-refractivity contribution is 0.0690. The molecule has 30 heavy (non-hydrogen) atoms. The molecule has 1 aromatic heterocycles. The standard InChI is InChI=1S/C24H34N2O4/c1-29-16-10-8-6-4-2-3-5-7-9-11-17-30-21-14-12-20(13-15-21)22-18-26-23(19-25-22)24(27)28/h12-15,18-19H,2-11,16-17H2,1H3,(H,27,28). The number of hydrogen-bond donors (Lipinski definition) is 1. The lowest BCUT2D eigenvalue weighted by atomic mass is 10.1. The molecule has 0 saturated carbocycles. The van der Waals surface area contributed by atoms with Gasteiger partial charge in [-0.2, -0.15) is 0 Å². The second-order valence-electron chi connectivity index (χ2n) is 7.49. The number of carboxylic acids is 1. The predicted octanol–water partition coefficient (Wildman–Crippen LogP) is 5.77. The maximum absolute atomic E-state index is 10.8. The molecule has 0 aliphatic heterocycles. The van der Waals surface area contributed by atoms with Crippen LogP contribution >= 0.6 is 0 Å². The van der Waals surface area contributed by atoms with Crippen molar-refractivity contribution in [3.8, 4) is 17.0 Å². The van der Waals surface area contributed by atoms with Crippen molar-refractivity contribution in [1.29, 1.82) is 0 Å². The topological polar surface area (TPSA) is 81.5 Å². The van der Waals surface area contributed by atoms with Crippen molar-refractivity contribution in [3.63, 3.8) is 0 Å². The van der Waals surface area contributed by atoms with Gasteiger partial charge >= 0.3 is 5.97 Å². The number of benzene rings is 1. The Kier molecular flexibility index (Phi) is 11.5. The van der Waals surface area contributed by atoms with Crippen molar-refractivity contribution in [3.05, 3.63) is 42.4 Å². The zero-order chi connectivity index (χ0) is 21.4. The Morgan fingerprint density at radius 3 is 1.87 bits per heavy atom. The molecule has 0 radical (unpaired) electrons. The van der Waals surface area contributed by atoms with Crippen LogP contribution in [-0.2, 0) is 4.74 Å². The van der Waals surface area contributed by atoms with Crippen LogP contribution in [0.25, 0.3) is 11.3 Å². The van der Waals surface area contributed by atoms with E-state index in [0.717, 1.165) is 30.9 Å². The first kappa shape index (κ1) is 23.8. The van der Waals surface area contributed by atoms with E-state index in [1.54, 1.807) is 7.11 Å². The summed E-state index contributed by atoms with van der Waals surface area (Å²) in [4.78, 5) is 18.9. The van der Waals surface area contributed by atoms with Gasteiger partial charge in [0, 0.05) is 19.3 Å². The Bertz CT molecular complexity index is 717. The highest BCUT2D eigenvalue weighted by Gasteiger charge is 2.06. The molecule has 0 atom stereocenters. The first-order valence-electron chi connectivity index (χ1n) is 11.0. The molecular weight excluding hydrogens is 380 g/mol. The summed E-state index contributed by atoms with van der Waals surface area (Å²) in [6.45, 7) is 1.62. The minimum absolute atomic E-state index is 0.0587. The van der Waals surface area contributed by atoms with E-state index in [2.05, 4.69) is 9.97 Å². The number of carbonyl (C=O) groups is 1. The van der Waals surface area contributed by atoms with Gasteiger partial charge in [-0.05, 0) is 37.1 Å². The molecule has 0 saturated heterocycles. The second kappa shape index (κ2) is 14.5. The predicted molar refractivity (Wildman–Crippen MR) is 118 cm³/mol. The molecule has 2 rings (SSSR count). The maximum atomic E-state index is 10.8. The molecule has 0 spiro atoms. The summed E-state index contributed by atoms with van der Waals surface area (Å²) in [5, 5.41) is 8.88. The molecule has 0 aliphatic rings. The van der Waals surface area contributed by atoms with E-state index in [0.29, 0.717) is 5.69 Å². The molecule has 0 unspecified atom stereocenters. The van der Waals surface area contributed by atoms with E-state index in [-0.39, 0.29) is 5.69 Å². The maximum Gasteiger partial charge on any atom is 0.356 e. The molecule has 6 nitrogen and oxygen atoms in total. The number of aromatic nitrogens is 2. The van der Waals surface area contributed by atoms with Gasteiger partial charge in [0.25, 0.3) is 0 Å². The Balaban J connectivity index is 1.52. The Labute approximate surface area is 179 Å². The van der Waals surface area contributed by atoms with Gasteiger partial charge in [0.2, 0.25) is 0 Å². The van der Waals surface area contributed by atoms with Crippen LogP contribution in [0.1, 0.15) is 74.7 Å². The average molecular weight is 415 g/mol. The van der Waals surface area contributed by atoms with Crippen LogP contribution in [0.5, 0.6) is 5.75 Å². The van der Waals surface area contributed by atoms with Crippen LogP contribution in [0, 0.1) is 0 Å². The third-order valence-electron chi connectivity index (χ3n) is 5.03. The fourth-order valence-corrected chi connectivity index (χ4v) is 3.26. The summed E-state index contributed by atoms with van der Waals surface area (Å²) in [7, 11) is 1.77. The third kappa shape index (κ3) is 9.35. The molecule has 0 amide bonds. The van der Waals surface area contributed by atoms with Gasteiger partial charge in [0.05, 0.1) is 24.7 Å². The van der Waals surface area contributed by atoms with E-state index < -0.39 is 5.97 Å². The number of unbranched alkanes of at least 4 members (excludes halogenated alkanes) is 9. The summed E-state index contributed by atoms with van der Waals surface area (Å²) in [6.07, 6.45) is 15.4. The molecule has 1 heterocycles. The van der Waals surface area contributed by atoms with E-state index in [4.69, 9.17) is 14.6 Å². The van der Waals surface area contributed by atoms with Crippen LogP contribution in [0.2, 0.25) is 0 Å². The minimum atomic E-state index is -1.08. The third-order valence-corrected chi connectivity index (χ3v) is 5.03. The molecule has 164 valence electrons. The van der Waals surface area contributed by atoms with E-state index >= 15 is 0 Å². The monoisotopic (exact) mass is 414 g/mol. The summed E-state index contributed by atoms with van der Waals surface area (Å²) in [5.41, 5.74) is 1.46. The molecule has 1 N–H and O–H groups in total. The Morgan fingerprint density at radius 2 is 1.37 bits per heavy atom.